The number of hydrogen-bond acceptors (Lipinski definition) is 7. The Morgan fingerprint density at radius 1 is 1.10 bits per heavy atom. The van der Waals surface area contributed by atoms with Crippen LogP contribution >= 0.6 is 0 Å². The molecule has 1 aliphatic rings. The van der Waals surface area contributed by atoms with Crippen molar-refractivity contribution in [1.82, 2.24) is 9.91 Å². The van der Waals surface area contributed by atoms with Crippen LogP contribution in [0.25, 0.3) is 0 Å². The summed E-state index contributed by atoms with van der Waals surface area (Å²) in [7, 11) is 1.61. The fourth-order valence-corrected chi connectivity index (χ4v) is 4.64. The fourth-order valence-electron chi connectivity index (χ4n) is 4.64. The first-order valence-corrected chi connectivity index (χ1v) is 12.6. The normalized spacial score (nSPS) is 16.7. The molecule has 1 saturated heterocycles. The third-order valence-electron chi connectivity index (χ3n) is 6.50. The molecule has 3 aromatic carbocycles. The van der Waals surface area contributed by atoms with Crippen molar-refractivity contribution in [3.63, 3.8) is 0 Å². The van der Waals surface area contributed by atoms with E-state index in [1.165, 1.54) is 29.3 Å². The molecule has 2 unspecified atom stereocenters. The number of anilines is 1. The largest absolute Gasteiger partial charge is 0.497 e. The molecule has 10 heteroatoms. The standard InChI is InChI=1S/C29H32FN5O4/c1-38-26-4-2-3-20(16-26)15-21-17-27(35(18-21)28(36)19-34(32)14-13-31)29(37)33-23-7-11-25(12-8-23)39-24-9-5-22(30)6-10-24/h2-13,16,21,27,31H,14-15,17-19,32H2,1H3,(H,33,37). The quantitative estimate of drug-likeness (QED) is 0.196. The van der Waals surface area contributed by atoms with E-state index in [1.807, 2.05) is 24.3 Å². The molecule has 0 spiro atoms. The van der Waals surface area contributed by atoms with Crippen LogP contribution in [0.15, 0.2) is 72.8 Å². The maximum Gasteiger partial charge on any atom is 0.247 e. The molecule has 39 heavy (non-hydrogen) atoms. The lowest BCUT2D eigenvalue weighted by atomic mass is 9.96. The Labute approximate surface area is 226 Å². The summed E-state index contributed by atoms with van der Waals surface area (Å²) >= 11 is 0. The van der Waals surface area contributed by atoms with E-state index < -0.39 is 6.04 Å². The van der Waals surface area contributed by atoms with Gasteiger partial charge in [-0.1, -0.05) is 12.1 Å². The second-order valence-electron chi connectivity index (χ2n) is 9.42. The Hall–Kier alpha value is -4.28. The second-order valence-corrected chi connectivity index (χ2v) is 9.42. The summed E-state index contributed by atoms with van der Waals surface area (Å²) in [5, 5.41) is 11.4. The SMILES string of the molecule is COc1cccc(CC2CC(C(=O)Nc3ccc(Oc4ccc(F)cc4)cc3)N(C(=O)CN(N)CC=N)C2)c1. The molecule has 1 heterocycles. The van der Waals surface area contributed by atoms with E-state index in [2.05, 4.69) is 5.32 Å². The third kappa shape index (κ3) is 7.62. The van der Waals surface area contributed by atoms with Crippen LogP contribution in [0, 0.1) is 17.1 Å². The number of amides is 2. The van der Waals surface area contributed by atoms with Gasteiger partial charge in [-0.2, -0.15) is 0 Å². The molecule has 4 rings (SSSR count). The predicted molar refractivity (Wildman–Crippen MR) is 146 cm³/mol. The van der Waals surface area contributed by atoms with Crippen LogP contribution in [-0.4, -0.2) is 60.7 Å². The summed E-state index contributed by atoms with van der Waals surface area (Å²) in [6, 6.07) is 19.6. The van der Waals surface area contributed by atoms with Gasteiger partial charge >= 0.3 is 0 Å². The van der Waals surface area contributed by atoms with Crippen LogP contribution in [0.5, 0.6) is 17.2 Å². The third-order valence-corrected chi connectivity index (χ3v) is 6.50. The Bertz CT molecular complexity index is 1290. The number of nitrogens with zero attached hydrogens (tertiary/aromatic N) is 2. The van der Waals surface area contributed by atoms with Crippen molar-refractivity contribution in [3.05, 3.63) is 84.2 Å². The number of rotatable bonds is 11. The number of benzene rings is 3. The minimum Gasteiger partial charge on any atom is -0.497 e. The average molecular weight is 534 g/mol. The first-order chi connectivity index (χ1) is 18.8. The van der Waals surface area contributed by atoms with E-state index in [4.69, 9.17) is 20.7 Å². The molecule has 1 fully saturated rings. The number of ether oxygens (including phenoxy) is 2. The highest BCUT2D eigenvalue weighted by atomic mass is 19.1. The zero-order valence-electron chi connectivity index (χ0n) is 21.7. The number of methoxy groups -OCH3 is 1. The number of hydrogen-bond donors (Lipinski definition) is 3. The van der Waals surface area contributed by atoms with Crippen LogP contribution in [0.2, 0.25) is 0 Å². The minimum absolute atomic E-state index is 0.0669. The Morgan fingerprint density at radius 2 is 1.79 bits per heavy atom. The van der Waals surface area contributed by atoms with E-state index in [0.29, 0.717) is 36.6 Å². The van der Waals surface area contributed by atoms with Crippen molar-refractivity contribution in [2.75, 3.05) is 32.1 Å². The van der Waals surface area contributed by atoms with Crippen molar-refractivity contribution >= 4 is 23.7 Å². The molecular weight excluding hydrogens is 501 g/mol. The molecule has 0 bridgehead atoms. The van der Waals surface area contributed by atoms with Gasteiger partial charge in [-0.3, -0.25) is 15.4 Å². The molecule has 0 saturated carbocycles. The zero-order valence-corrected chi connectivity index (χ0v) is 21.7. The van der Waals surface area contributed by atoms with Gasteiger partial charge in [-0.25, -0.2) is 9.40 Å². The van der Waals surface area contributed by atoms with E-state index >= 15 is 0 Å². The molecule has 4 N–H and O–H groups in total. The van der Waals surface area contributed by atoms with Crippen molar-refractivity contribution in [1.29, 1.82) is 5.41 Å². The van der Waals surface area contributed by atoms with Gasteiger partial charge in [0.15, 0.2) is 0 Å². The predicted octanol–water partition coefficient (Wildman–Crippen LogP) is 3.85. The highest BCUT2D eigenvalue weighted by molar-refractivity contribution is 5.97. The first-order valence-electron chi connectivity index (χ1n) is 12.6. The van der Waals surface area contributed by atoms with Crippen LogP contribution in [-0.2, 0) is 16.0 Å². The number of hydrazine groups is 1. The number of nitrogens with two attached hydrogens (primary N) is 1. The minimum atomic E-state index is -0.670. The van der Waals surface area contributed by atoms with Gasteiger partial charge in [0, 0.05) is 25.0 Å². The van der Waals surface area contributed by atoms with Crippen molar-refractivity contribution in [3.8, 4) is 17.2 Å². The Kier molecular flexibility index (Phi) is 9.24. The Morgan fingerprint density at radius 3 is 2.46 bits per heavy atom. The second kappa shape index (κ2) is 13.0. The molecule has 9 nitrogen and oxygen atoms in total. The van der Waals surface area contributed by atoms with Crippen molar-refractivity contribution < 1.29 is 23.5 Å². The monoisotopic (exact) mass is 533 g/mol. The van der Waals surface area contributed by atoms with Crippen LogP contribution < -0.4 is 20.6 Å². The number of halogens is 1. The van der Waals surface area contributed by atoms with Crippen molar-refractivity contribution in [2.45, 2.75) is 18.9 Å². The first kappa shape index (κ1) is 27.7. The number of carbonyl (C=O) groups is 2. The van der Waals surface area contributed by atoms with Crippen LogP contribution in [0.1, 0.15) is 12.0 Å². The summed E-state index contributed by atoms with van der Waals surface area (Å²) in [6.45, 7) is 0.452. The molecule has 3 aromatic rings. The van der Waals surface area contributed by atoms with E-state index in [-0.39, 0.29) is 36.6 Å². The fraction of sp³-hybridized carbons (Fsp3) is 0.276. The average Bonchev–Trinajstić information content (AvgIpc) is 3.35. The topological polar surface area (TPSA) is 121 Å². The van der Waals surface area contributed by atoms with Crippen molar-refractivity contribution in [2.24, 2.45) is 11.8 Å². The summed E-state index contributed by atoms with van der Waals surface area (Å²) < 4.78 is 24.2. The molecular formula is C29H32FN5O4. The lowest BCUT2D eigenvalue weighted by Crippen LogP contribution is -2.49. The number of nitrogens with one attached hydrogen (secondary N) is 2. The lowest BCUT2D eigenvalue weighted by molar-refractivity contribution is -0.137. The van der Waals surface area contributed by atoms with Gasteiger partial charge in [0.1, 0.15) is 29.1 Å². The molecule has 2 amide bonds. The highest BCUT2D eigenvalue weighted by Crippen LogP contribution is 2.29. The summed E-state index contributed by atoms with van der Waals surface area (Å²) in [5.41, 5.74) is 1.62. The lowest BCUT2D eigenvalue weighted by Gasteiger charge is -2.26. The van der Waals surface area contributed by atoms with E-state index in [1.54, 1.807) is 36.3 Å². The number of likely N-dealkylation sites (tertiary alicyclic amines) is 1. The summed E-state index contributed by atoms with van der Waals surface area (Å²) in [6.07, 6.45) is 2.30. The van der Waals surface area contributed by atoms with Gasteiger partial charge in [0.25, 0.3) is 0 Å². The summed E-state index contributed by atoms with van der Waals surface area (Å²) in [5.74, 6) is 6.79. The van der Waals surface area contributed by atoms with Gasteiger partial charge in [0.05, 0.1) is 13.7 Å². The number of carbonyl (C=O) groups excluding carboxylic acids is 2. The molecule has 2 atom stereocenters. The molecule has 204 valence electrons. The maximum absolute atomic E-state index is 13.4. The molecule has 1 aliphatic heterocycles. The zero-order chi connectivity index (χ0) is 27.8. The van der Waals surface area contributed by atoms with Gasteiger partial charge < -0.3 is 25.1 Å². The molecule has 0 aliphatic carbocycles. The van der Waals surface area contributed by atoms with Crippen LogP contribution in [0.3, 0.4) is 0 Å². The van der Waals surface area contributed by atoms with E-state index in [9.17, 15) is 14.0 Å². The highest BCUT2D eigenvalue weighted by Gasteiger charge is 2.39. The molecule has 0 aromatic heterocycles. The van der Waals surface area contributed by atoms with Gasteiger partial charge in [0.2, 0.25) is 11.8 Å². The van der Waals surface area contributed by atoms with Crippen LogP contribution in [0.4, 0.5) is 10.1 Å². The summed E-state index contributed by atoms with van der Waals surface area (Å²) in [4.78, 5) is 28.1. The smallest absolute Gasteiger partial charge is 0.247 e. The Balaban J connectivity index is 1.44. The van der Waals surface area contributed by atoms with Gasteiger partial charge in [-0.05, 0) is 85.0 Å². The molecule has 0 radical (unpaired) electrons. The van der Waals surface area contributed by atoms with Gasteiger partial charge in [-0.15, -0.1) is 0 Å². The van der Waals surface area contributed by atoms with E-state index in [0.717, 1.165) is 17.5 Å². The maximum atomic E-state index is 13.4.